The summed E-state index contributed by atoms with van der Waals surface area (Å²) in [7, 11) is 0. The van der Waals surface area contributed by atoms with Crippen molar-refractivity contribution in [3.05, 3.63) is 42.1 Å². The van der Waals surface area contributed by atoms with Crippen LogP contribution in [0.25, 0.3) is 5.69 Å². The zero-order valence-electron chi connectivity index (χ0n) is 13.1. The summed E-state index contributed by atoms with van der Waals surface area (Å²) in [5.41, 5.74) is 0.996. The highest BCUT2D eigenvalue weighted by Gasteiger charge is 2.15. The summed E-state index contributed by atoms with van der Waals surface area (Å²) in [4.78, 5) is 23.3. The normalized spacial score (nSPS) is 10.0. The van der Waals surface area contributed by atoms with Gasteiger partial charge in [0.05, 0.1) is 30.0 Å². The van der Waals surface area contributed by atoms with Crippen molar-refractivity contribution in [3.63, 3.8) is 0 Å². The molecule has 0 aliphatic carbocycles. The number of esters is 1. The van der Waals surface area contributed by atoms with Gasteiger partial charge in [0.2, 0.25) is 5.91 Å². The Hall–Kier alpha value is -2.79. The second-order valence-electron chi connectivity index (χ2n) is 4.61. The summed E-state index contributed by atoms with van der Waals surface area (Å²) in [6.45, 7) is 2.04. The molecule has 1 N–H and O–H groups in total. The fraction of sp³-hybridized carbons (Fsp3) is 0.250. The Morgan fingerprint density at radius 3 is 2.75 bits per heavy atom. The molecule has 1 aromatic carbocycles. The number of rotatable bonds is 7. The SMILES string of the molecule is CCOC(=O)CSCC(=O)Nc1c(C#N)cnn1-c1ccccc1. The van der Waals surface area contributed by atoms with Crippen LogP contribution in [0.2, 0.25) is 0 Å². The maximum atomic E-state index is 12.1. The Labute approximate surface area is 143 Å². The van der Waals surface area contributed by atoms with Gasteiger partial charge in [0.25, 0.3) is 0 Å². The number of para-hydroxylation sites is 1. The molecule has 1 aromatic heterocycles. The number of amides is 1. The molecule has 0 radical (unpaired) electrons. The molecular weight excluding hydrogens is 328 g/mol. The van der Waals surface area contributed by atoms with Gasteiger partial charge < -0.3 is 10.1 Å². The van der Waals surface area contributed by atoms with Crippen molar-refractivity contribution >= 4 is 29.5 Å². The molecule has 0 aliphatic heterocycles. The summed E-state index contributed by atoms with van der Waals surface area (Å²) in [5.74, 6) is -0.195. The first kappa shape index (κ1) is 17.6. The van der Waals surface area contributed by atoms with Crippen LogP contribution in [0.3, 0.4) is 0 Å². The highest BCUT2D eigenvalue weighted by molar-refractivity contribution is 8.00. The third kappa shape index (κ3) is 4.60. The van der Waals surface area contributed by atoms with Crippen LogP contribution in [-0.2, 0) is 14.3 Å². The van der Waals surface area contributed by atoms with Crippen molar-refractivity contribution < 1.29 is 14.3 Å². The first-order valence-electron chi connectivity index (χ1n) is 7.22. The molecule has 1 amide bonds. The van der Waals surface area contributed by atoms with Crippen LogP contribution in [0, 0.1) is 11.3 Å². The van der Waals surface area contributed by atoms with E-state index in [1.807, 2.05) is 36.4 Å². The molecule has 7 nitrogen and oxygen atoms in total. The highest BCUT2D eigenvalue weighted by atomic mass is 32.2. The lowest BCUT2D eigenvalue weighted by atomic mass is 10.3. The number of hydrogen-bond donors (Lipinski definition) is 1. The minimum absolute atomic E-state index is 0.0731. The largest absolute Gasteiger partial charge is 0.465 e. The smallest absolute Gasteiger partial charge is 0.315 e. The van der Waals surface area contributed by atoms with E-state index in [4.69, 9.17) is 4.74 Å². The summed E-state index contributed by atoms with van der Waals surface area (Å²) in [5, 5.41) is 16.0. The van der Waals surface area contributed by atoms with Crippen molar-refractivity contribution in [3.8, 4) is 11.8 Å². The van der Waals surface area contributed by atoms with Crippen LogP contribution >= 0.6 is 11.8 Å². The molecule has 0 atom stereocenters. The van der Waals surface area contributed by atoms with Crippen LogP contribution in [-0.4, -0.2) is 39.8 Å². The number of thioether (sulfide) groups is 1. The van der Waals surface area contributed by atoms with E-state index in [0.29, 0.717) is 12.4 Å². The fourth-order valence-electron chi connectivity index (χ4n) is 1.91. The number of nitrogens with one attached hydrogen (secondary N) is 1. The topological polar surface area (TPSA) is 97.0 Å². The van der Waals surface area contributed by atoms with Crippen LogP contribution in [0.15, 0.2) is 36.5 Å². The number of anilines is 1. The molecule has 0 spiro atoms. The van der Waals surface area contributed by atoms with Crippen molar-refractivity contribution in [1.82, 2.24) is 9.78 Å². The van der Waals surface area contributed by atoms with Crippen LogP contribution in [0.4, 0.5) is 5.82 Å². The highest BCUT2D eigenvalue weighted by Crippen LogP contribution is 2.19. The fourth-order valence-corrected chi connectivity index (χ4v) is 2.52. The van der Waals surface area contributed by atoms with Crippen molar-refractivity contribution in [2.24, 2.45) is 0 Å². The molecule has 1 heterocycles. The third-order valence-electron chi connectivity index (χ3n) is 2.91. The Kier molecular flexibility index (Phi) is 6.40. The van der Waals surface area contributed by atoms with E-state index in [2.05, 4.69) is 10.4 Å². The van der Waals surface area contributed by atoms with Crippen molar-refractivity contribution in [1.29, 1.82) is 5.26 Å². The minimum atomic E-state index is -0.359. The number of carbonyl (C=O) groups excluding carboxylic acids is 2. The number of benzene rings is 1. The molecule has 0 saturated heterocycles. The Balaban J connectivity index is 2.04. The van der Waals surface area contributed by atoms with Gasteiger partial charge in [-0.1, -0.05) is 18.2 Å². The van der Waals surface area contributed by atoms with Crippen molar-refractivity contribution in [2.75, 3.05) is 23.4 Å². The lowest BCUT2D eigenvalue weighted by Gasteiger charge is -2.09. The number of carbonyl (C=O) groups is 2. The molecule has 8 heteroatoms. The van der Waals surface area contributed by atoms with Gasteiger partial charge in [0.1, 0.15) is 11.6 Å². The third-order valence-corrected chi connectivity index (χ3v) is 3.81. The molecule has 0 saturated carbocycles. The maximum Gasteiger partial charge on any atom is 0.315 e. The van der Waals surface area contributed by atoms with Gasteiger partial charge in [0, 0.05) is 0 Å². The second kappa shape index (κ2) is 8.74. The van der Waals surface area contributed by atoms with Crippen LogP contribution < -0.4 is 5.32 Å². The summed E-state index contributed by atoms with van der Waals surface area (Å²) in [6.07, 6.45) is 1.40. The predicted molar refractivity (Wildman–Crippen MR) is 90.9 cm³/mol. The van der Waals surface area contributed by atoms with Gasteiger partial charge >= 0.3 is 5.97 Å². The van der Waals surface area contributed by atoms with Gasteiger partial charge in [-0.3, -0.25) is 9.59 Å². The Morgan fingerprint density at radius 1 is 1.33 bits per heavy atom. The number of hydrogen-bond acceptors (Lipinski definition) is 6. The van der Waals surface area contributed by atoms with Gasteiger partial charge in [-0.15, -0.1) is 11.8 Å². The monoisotopic (exact) mass is 344 g/mol. The summed E-state index contributed by atoms with van der Waals surface area (Å²) in [6, 6.07) is 11.2. The number of ether oxygens (including phenoxy) is 1. The van der Waals surface area contributed by atoms with Gasteiger partial charge in [0.15, 0.2) is 5.82 Å². The average molecular weight is 344 g/mol. The zero-order chi connectivity index (χ0) is 17.4. The van der Waals surface area contributed by atoms with E-state index in [0.717, 1.165) is 17.4 Å². The Morgan fingerprint density at radius 2 is 2.08 bits per heavy atom. The van der Waals surface area contributed by atoms with E-state index in [-0.39, 0.29) is 28.9 Å². The predicted octanol–water partition coefficient (Wildman–Crippen LogP) is 1.98. The van der Waals surface area contributed by atoms with E-state index >= 15 is 0 Å². The lowest BCUT2D eigenvalue weighted by Crippen LogP contribution is -2.19. The van der Waals surface area contributed by atoms with Gasteiger partial charge in [-0.05, 0) is 19.1 Å². The summed E-state index contributed by atoms with van der Waals surface area (Å²) >= 11 is 1.15. The van der Waals surface area contributed by atoms with Gasteiger partial charge in [-0.25, -0.2) is 4.68 Å². The number of nitrogens with zero attached hydrogens (tertiary/aromatic N) is 3. The molecule has 2 aromatic rings. The second-order valence-corrected chi connectivity index (χ2v) is 5.60. The van der Waals surface area contributed by atoms with Crippen molar-refractivity contribution in [2.45, 2.75) is 6.92 Å². The standard InChI is InChI=1S/C16H16N4O3S/c1-2-23-15(22)11-24-10-14(21)19-16-12(8-17)9-18-20(16)13-6-4-3-5-7-13/h3-7,9H,2,10-11H2,1H3,(H,19,21). The molecular formula is C16H16N4O3S. The zero-order valence-corrected chi connectivity index (χ0v) is 13.9. The Bertz CT molecular complexity index is 752. The molecule has 0 fully saturated rings. The molecule has 0 bridgehead atoms. The quantitative estimate of drug-likeness (QED) is 0.771. The summed E-state index contributed by atoms with van der Waals surface area (Å²) < 4.78 is 6.29. The molecule has 0 unspecified atom stereocenters. The van der Waals surface area contributed by atoms with E-state index in [1.54, 1.807) is 6.92 Å². The van der Waals surface area contributed by atoms with E-state index < -0.39 is 0 Å². The maximum absolute atomic E-state index is 12.1. The molecule has 24 heavy (non-hydrogen) atoms. The van der Waals surface area contributed by atoms with E-state index in [9.17, 15) is 14.9 Å². The van der Waals surface area contributed by atoms with Crippen LogP contribution in [0.5, 0.6) is 0 Å². The van der Waals surface area contributed by atoms with Gasteiger partial charge in [-0.2, -0.15) is 10.4 Å². The molecule has 0 aliphatic rings. The number of aromatic nitrogens is 2. The first-order chi connectivity index (χ1) is 11.7. The van der Waals surface area contributed by atoms with Crippen LogP contribution in [0.1, 0.15) is 12.5 Å². The molecule has 124 valence electrons. The number of nitriles is 1. The first-order valence-corrected chi connectivity index (χ1v) is 8.38. The molecule has 2 rings (SSSR count). The average Bonchev–Trinajstić information content (AvgIpc) is 2.98. The van der Waals surface area contributed by atoms with E-state index in [1.165, 1.54) is 10.9 Å². The lowest BCUT2D eigenvalue weighted by molar-refractivity contribution is -0.139. The minimum Gasteiger partial charge on any atom is -0.465 e.